The average molecular weight is 930 g/mol. The van der Waals surface area contributed by atoms with Gasteiger partial charge in [0, 0.05) is 25.2 Å². The largest absolute Gasteiger partial charge is 0.472 e. The molecule has 0 saturated heterocycles. The molecule has 23 heteroatoms. The molecule has 60 heavy (non-hydrogen) atoms. The van der Waals surface area contributed by atoms with Crippen molar-refractivity contribution in [3.05, 3.63) is 0 Å². The van der Waals surface area contributed by atoms with Gasteiger partial charge in [0.1, 0.15) is 43.2 Å². The first-order valence-electron chi connectivity index (χ1n) is 18.8. The van der Waals surface area contributed by atoms with Gasteiger partial charge in [0.2, 0.25) is 0 Å². The van der Waals surface area contributed by atoms with Crippen molar-refractivity contribution < 1.29 is 103 Å². The molecule has 356 valence electrons. The summed E-state index contributed by atoms with van der Waals surface area (Å²) in [4.78, 5) is 72.2. The molecule has 1 fully saturated rings. The van der Waals surface area contributed by atoms with Gasteiger partial charge >= 0.3 is 35.4 Å². The van der Waals surface area contributed by atoms with E-state index < -0.39 is 91.3 Å². The van der Waals surface area contributed by atoms with Gasteiger partial charge in [-0.15, -0.1) is 0 Å². The number of rotatable bonds is 26. The van der Waals surface area contributed by atoms with Gasteiger partial charge in [-0.25, -0.2) is 18.5 Å². The lowest BCUT2D eigenvalue weighted by molar-refractivity contribution is -0.213. The van der Waals surface area contributed by atoms with Gasteiger partial charge in [-0.3, -0.25) is 22.9 Å². The SMILES string of the molecule is CC#CC#CC#CC#CC#CC(=O)OC[C@H](COP(=O)(O)OC1C(O)[C@@H](OP(=O)(O)O)C(OP(=O)(O)O)[C@@H](O)[C@H]1O)OC(=O)CCCCCCCCCCCCCCC.N.[HH].[HH].[HH].[HH].[HH].[HH].[HH].[HH].[HH]. The summed E-state index contributed by atoms with van der Waals surface area (Å²) in [5, 5.41) is 31.6. The lowest BCUT2D eigenvalue weighted by Gasteiger charge is -2.44. The Morgan fingerprint density at radius 2 is 1.03 bits per heavy atom. The van der Waals surface area contributed by atoms with Gasteiger partial charge in [-0.2, -0.15) is 0 Å². The maximum Gasteiger partial charge on any atom is 0.472 e. The van der Waals surface area contributed by atoms with Crippen molar-refractivity contribution in [1.29, 1.82) is 0 Å². The lowest BCUT2D eigenvalue weighted by Crippen LogP contribution is -2.65. The zero-order valence-electron chi connectivity index (χ0n) is 33.5. The minimum Gasteiger partial charge on any atom is -0.456 e. The number of phosphoric ester groups is 3. The molecule has 0 bridgehead atoms. The van der Waals surface area contributed by atoms with Crippen LogP contribution in [-0.2, 0) is 50.9 Å². The lowest BCUT2D eigenvalue weighted by atomic mass is 9.85. The van der Waals surface area contributed by atoms with E-state index in [1.54, 1.807) is 6.92 Å². The second-order valence-corrected chi connectivity index (χ2v) is 16.8. The molecule has 0 aliphatic heterocycles. The molecule has 0 aromatic rings. The Hall–Kier alpha value is -3.09. The van der Waals surface area contributed by atoms with Gasteiger partial charge in [-0.05, 0) is 60.7 Å². The Morgan fingerprint density at radius 1 is 0.600 bits per heavy atom. The third kappa shape index (κ3) is 27.0. The topological polar surface area (TPSA) is 338 Å². The standard InChI is InChI=1S/C37H53O19P3.H3N.9H2/c1-3-5-7-9-11-13-14-15-16-18-20-22-24-26-31(39)53-29(27-51-30(38)25-23-21-19-17-12-10-8-6-4-2)28-52-59(49,50)56-35-32(40)33(41)36(54-57(43,44)45)37(34(35)42)55-58(46,47)48;;;;;;;;;;/h29,32-37,40-42H,3,5,7,9,11,13-16,18,20,22,24,26-28H2,1-2H3,(H,49,50)(H2,43,44,45)(H2,46,47,48);1H3;9*1H/t29-,32-,33+,34?,35?,36?,37-;;;;;;;;;;/m1........../s1. The number of hydrogen-bond acceptors (Lipinski definition) is 15. The van der Waals surface area contributed by atoms with Crippen LogP contribution in [0.5, 0.6) is 0 Å². The van der Waals surface area contributed by atoms with Crippen LogP contribution in [0.25, 0.3) is 0 Å². The molecule has 0 amide bonds. The Morgan fingerprint density at radius 3 is 1.52 bits per heavy atom. The molecule has 0 radical (unpaired) electrons. The molecule has 0 aromatic heterocycles. The number of carbonyl (C=O) groups excluding carboxylic acids is 2. The van der Waals surface area contributed by atoms with Crippen molar-refractivity contribution in [2.24, 2.45) is 0 Å². The number of aliphatic hydroxyl groups is 3. The predicted octanol–water partition coefficient (Wildman–Crippen LogP) is 4.89. The quantitative estimate of drug-likeness (QED) is 0.0183. The number of aliphatic hydroxyl groups excluding tert-OH is 3. The fourth-order valence-electron chi connectivity index (χ4n) is 5.40. The summed E-state index contributed by atoms with van der Waals surface area (Å²) in [6.45, 7) is 1.99. The molecule has 1 aliphatic carbocycles. The van der Waals surface area contributed by atoms with Crippen LogP contribution < -0.4 is 6.15 Å². The van der Waals surface area contributed by atoms with Crippen molar-refractivity contribution in [3.8, 4) is 59.2 Å². The average Bonchev–Trinajstić information content (AvgIpc) is 3.15. The molecule has 0 aromatic carbocycles. The second-order valence-electron chi connectivity index (χ2n) is 13.0. The van der Waals surface area contributed by atoms with Gasteiger partial charge in [-0.1, -0.05) is 89.9 Å². The summed E-state index contributed by atoms with van der Waals surface area (Å²) in [5.41, 5.74) is 0. The highest BCUT2D eigenvalue weighted by Crippen LogP contribution is 2.51. The third-order valence-electron chi connectivity index (χ3n) is 8.13. The van der Waals surface area contributed by atoms with E-state index in [0.29, 0.717) is 12.8 Å². The van der Waals surface area contributed by atoms with E-state index in [-0.39, 0.29) is 25.4 Å². The first kappa shape index (κ1) is 56.9. The van der Waals surface area contributed by atoms with Crippen molar-refractivity contribution in [2.45, 2.75) is 146 Å². The smallest absolute Gasteiger partial charge is 0.456 e. The van der Waals surface area contributed by atoms with Crippen LogP contribution in [-0.4, -0.2) is 108 Å². The van der Waals surface area contributed by atoms with Crippen molar-refractivity contribution >= 4 is 35.4 Å². The summed E-state index contributed by atoms with van der Waals surface area (Å²) in [6, 6.07) is 0. The number of hydrogen-bond donors (Lipinski definition) is 9. The Balaban J connectivity index is -0.000000435. The third-order valence-corrected chi connectivity index (χ3v) is 10.1. The molecular weight excluding hydrogens is 855 g/mol. The highest BCUT2D eigenvalue weighted by Gasteiger charge is 2.56. The summed E-state index contributed by atoms with van der Waals surface area (Å²) in [5.74, 6) is 21.5. The zero-order chi connectivity index (χ0) is 44.3. The molecule has 1 rings (SSSR count). The van der Waals surface area contributed by atoms with Gasteiger partial charge in [0.05, 0.1) is 6.61 Å². The number of esters is 2. The maximum absolute atomic E-state index is 13.0. The molecule has 0 heterocycles. The van der Waals surface area contributed by atoms with Crippen LogP contribution in [0.1, 0.15) is 117 Å². The fraction of sp³-hybridized carbons (Fsp3) is 0.676. The monoisotopic (exact) mass is 929 g/mol. The first-order valence-corrected chi connectivity index (χ1v) is 23.3. The van der Waals surface area contributed by atoms with Crippen molar-refractivity contribution in [2.75, 3.05) is 13.2 Å². The molecule has 8 atom stereocenters. The van der Waals surface area contributed by atoms with Crippen LogP contribution in [0.15, 0.2) is 0 Å². The minimum atomic E-state index is -5.62. The van der Waals surface area contributed by atoms with E-state index in [1.165, 1.54) is 44.9 Å². The van der Waals surface area contributed by atoms with Crippen LogP contribution >= 0.6 is 23.5 Å². The van der Waals surface area contributed by atoms with E-state index in [9.17, 15) is 63.1 Å². The van der Waals surface area contributed by atoms with E-state index in [4.69, 9.17) is 18.5 Å². The molecular formula is C37H74NO19P3. The molecule has 0 spiro atoms. The maximum atomic E-state index is 13.0. The highest BCUT2D eigenvalue weighted by molar-refractivity contribution is 7.47. The molecule has 11 N–H and O–H groups in total. The van der Waals surface area contributed by atoms with E-state index in [0.717, 1.165) is 25.7 Å². The van der Waals surface area contributed by atoms with Crippen LogP contribution in [0.4, 0.5) is 0 Å². The minimum absolute atomic E-state index is 0. The van der Waals surface area contributed by atoms with Gasteiger partial charge in [0.25, 0.3) is 0 Å². The normalized spacial score (nSPS) is 21.1. The summed E-state index contributed by atoms with van der Waals surface area (Å²) in [7, 11) is -16.7. The number of ether oxygens (including phenoxy) is 2. The second kappa shape index (κ2) is 30.9. The van der Waals surface area contributed by atoms with E-state index in [1.807, 2.05) is 5.92 Å². The van der Waals surface area contributed by atoms with Gasteiger partial charge in [0.15, 0.2) is 6.10 Å². The Kier molecular flexibility index (Phi) is 29.3. The fourth-order valence-corrected chi connectivity index (χ4v) is 7.50. The van der Waals surface area contributed by atoms with Crippen LogP contribution in [0.2, 0.25) is 0 Å². The Labute approximate surface area is 363 Å². The molecule has 1 aliphatic rings. The number of carbonyl (C=O) groups is 2. The predicted molar refractivity (Wildman–Crippen MR) is 232 cm³/mol. The molecule has 4 unspecified atom stereocenters. The molecule has 20 nitrogen and oxygen atoms in total. The zero-order valence-corrected chi connectivity index (χ0v) is 36.2. The van der Waals surface area contributed by atoms with E-state index in [2.05, 4.69) is 69.3 Å². The van der Waals surface area contributed by atoms with Gasteiger partial charge < -0.3 is 55.4 Å². The number of unbranched alkanes of at least 4 members (excludes halogenated alkanes) is 12. The summed E-state index contributed by atoms with van der Waals surface area (Å²) >= 11 is 0. The molecule has 1 saturated carbocycles. The first-order chi connectivity index (χ1) is 27.8. The van der Waals surface area contributed by atoms with Crippen molar-refractivity contribution in [1.82, 2.24) is 6.15 Å². The van der Waals surface area contributed by atoms with Crippen molar-refractivity contribution in [3.63, 3.8) is 0 Å². The van der Waals surface area contributed by atoms with E-state index >= 15 is 0 Å². The summed E-state index contributed by atoms with van der Waals surface area (Å²) < 4.78 is 64.4. The summed E-state index contributed by atoms with van der Waals surface area (Å²) in [6.07, 6.45) is -2.90. The van der Waals surface area contributed by atoms with Crippen LogP contribution in [0.3, 0.4) is 0 Å². The Bertz CT molecular complexity index is 1830. The number of phosphoric acid groups is 3. The highest BCUT2D eigenvalue weighted by atomic mass is 31.2. The van der Waals surface area contributed by atoms with Crippen LogP contribution in [0, 0.1) is 59.2 Å².